The zero-order valence-electron chi connectivity index (χ0n) is 16.0. The van der Waals surface area contributed by atoms with E-state index in [9.17, 15) is 4.79 Å². The Morgan fingerprint density at radius 1 is 1.04 bits per heavy atom. The molecule has 0 saturated carbocycles. The first-order valence-corrected chi connectivity index (χ1v) is 9.52. The van der Waals surface area contributed by atoms with Gasteiger partial charge in [-0.2, -0.15) is 0 Å². The largest absolute Gasteiger partial charge is 0.497 e. The summed E-state index contributed by atoms with van der Waals surface area (Å²) in [6, 6.07) is 13.6. The van der Waals surface area contributed by atoms with Crippen LogP contribution in [0.2, 0.25) is 0 Å². The second-order valence-corrected chi connectivity index (χ2v) is 6.87. The molecule has 2 aliphatic heterocycles. The van der Waals surface area contributed by atoms with Crippen molar-refractivity contribution in [2.45, 2.75) is 0 Å². The number of fused-ring (bicyclic) bond motifs is 1. The van der Waals surface area contributed by atoms with Gasteiger partial charge in [0.15, 0.2) is 11.5 Å². The molecular formula is C21H25N3O4. The fraction of sp³-hybridized carbons (Fsp3) is 0.381. The third-order valence-corrected chi connectivity index (χ3v) is 4.98. The van der Waals surface area contributed by atoms with Gasteiger partial charge in [0.2, 0.25) is 5.91 Å². The zero-order chi connectivity index (χ0) is 19.3. The molecule has 1 saturated heterocycles. The van der Waals surface area contributed by atoms with E-state index in [2.05, 4.69) is 21.2 Å². The normalized spacial score (nSPS) is 16.5. The lowest BCUT2D eigenvalue weighted by atomic mass is 10.2. The summed E-state index contributed by atoms with van der Waals surface area (Å²) in [6.45, 7) is 4.90. The number of rotatable bonds is 5. The van der Waals surface area contributed by atoms with Crippen LogP contribution in [0.25, 0.3) is 0 Å². The molecule has 0 bridgehead atoms. The monoisotopic (exact) mass is 383 g/mol. The number of carbonyl (C=O) groups excluding carboxylic acids is 1. The lowest BCUT2D eigenvalue weighted by Gasteiger charge is -2.35. The van der Waals surface area contributed by atoms with Gasteiger partial charge in [-0.05, 0) is 24.3 Å². The summed E-state index contributed by atoms with van der Waals surface area (Å²) in [5.74, 6) is 2.24. The van der Waals surface area contributed by atoms with Gasteiger partial charge >= 0.3 is 0 Å². The Hall–Kier alpha value is -2.93. The Kier molecular flexibility index (Phi) is 5.53. The van der Waals surface area contributed by atoms with E-state index in [4.69, 9.17) is 14.2 Å². The summed E-state index contributed by atoms with van der Waals surface area (Å²) in [5.41, 5.74) is 1.88. The van der Waals surface area contributed by atoms with E-state index < -0.39 is 0 Å². The van der Waals surface area contributed by atoms with Crippen LogP contribution in [0.1, 0.15) is 0 Å². The van der Waals surface area contributed by atoms with Gasteiger partial charge < -0.3 is 24.4 Å². The van der Waals surface area contributed by atoms with Crippen LogP contribution in [0.5, 0.6) is 17.2 Å². The number of hydrogen-bond donors (Lipinski definition) is 1. The molecule has 2 aromatic carbocycles. The minimum atomic E-state index is -0.0218. The Morgan fingerprint density at radius 2 is 1.82 bits per heavy atom. The summed E-state index contributed by atoms with van der Waals surface area (Å²) in [7, 11) is 1.68. The predicted molar refractivity (Wildman–Crippen MR) is 108 cm³/mol. The second-order valence-electron chi connectivity index (χ2n) is 6.87. The van der Waals surface area contributed by atoms with Crippen molar-refractivity contribution >= 4 is 17.3 Å². The average Bonchev–Trinajstić information content (AvgIpc) is 2.74. The van der Waals surface area contributed by atoms with E-state index in [1.807, 2.05) is 36.4 Å². The van der Waals surface area contributed by atoms with Gasteiger partial charge in [0.25, 0.3) is 0 Å². The minimum absolute atomic E-state index is 0.0218. The van der Waals surface area contributed by atoms with Gasteiger partial charge in [-0.15, -0.1) is 0 Å². The maximum Gasteiger partial charge on any atom is 0.238 e. The van der Waals surface area contributed by atoms with Crippen LogP contribution in [0.3, 0.4) is 0 Å². The molecule has 1 amide bonds. The van der Waals surface area contributed by atoms with Crippen LogP contribution in [0, 0.1) is 0 Å². The van der Waals surface area contributed by atoms with Crippen molar-refractivity contribution in [2.75, 3.05) is 63.3 Å². The molecule has 7 heteroatoms. The molecule has 7 nitrogen and oxygen atoms in total. The molecule has 2 heterocycles. The van der Waals surface area contributed by atoms with Crippen molar-refractivity contribution in [2.24, 2.45) is 0 Å². The van der Waals surface area contributed by atoms with E-state index in [1.165, 1.54) is 0 Å². The number of nitrogens with zero attached hydrogens (tertiary/aromatic N) is 2. The van der Waals surface area contributed by atoms with Crippen molar-refractivity contribution in [1.82, 2.24) is 4.90 Å². The number of ether oxygens (including phenoxy) is 3. The van der Waals surface area contributed by atoms with Gasteiger partial charge in [-0.3, -0.25) is 9.69 Å². The van der Waals surface area contributed by atoms with Gasteiger partial charge in [0.1, 0.15) is 19.0 Å². The van der Waals surface area contributed by atoms with Gasteiger partial charge in [-0.1, -0.05) is 6.07 Å². The lowest BCUT2D eigenvalue weighted by molar-refractivity contribution is -0.117. The molecule has 148 valence electrons. The summed E-state index contributed by atoms with van der Waals surface area (Å²) in [5, 5.41) is 2.95. The second kappa shape index (κ2) is 8.39. The molecule has 0 spiro atoms. The third kappa shape index (κ3) is 4.31. The van der Waals surface area contributed by atoms with E-state index >= 15 is 0 Å². The number of benzene rings is 2. The maximum absolute atomic E-state index is 12.4. The quantitative estimate of drug-likeness (QED) is 0.854. The summed E-state index contributed by atoms with van der Waals surface area (Å²) < 4.78 is 16.4. The molecule has 1 fully saturated rings. The minimum Gasteiger partial charge on any atom is -0.497 e. The van der Waals surface area contributed by atoms with E-state index in [-0.39, 0.29) is 5.91 Å². The van der Waals surface area contributed by atoms with Crippen LogP contribution >= 0.6 is 0 Å². The molecule has 28 heavy (non-hydrogen) atoms. The molecule has 4 rings (SSSR count). The van der Waals surface area contributed by atoms with Gasteiger partial charge in [0, 0.05) is 49.7 Å². The molecule has 0 unspecified atom stereocenters. The Morgan fingerprint density at radius 3 is 2.61 bits per heavy atom. The number of hydrogen-bond acceptors (Lipinski definition) is 6. The van der Waals surface area contributed by atoms with Crippen molar-refractivity contribution in [3.8, 4) is 17.2 Å². The molecule has 0 aliphatic carbocycles. The number of carbonyl (C=O) groups is 1. The van der Waals surface area contributed by atoms with Gasteiger partial charge in [-0.25, -0.2) is 0 Å². The molecule has 2 aromatic rings. The van der Waals surface area contributed by atoms with Crippen LogP contribution in [0.15, 0.2) is 42.5 Å². The maximum atomic E-state index is 12.4. The highest BCUT2D eigenvalue weighted by atomic mass is 16.6. The van der Waals surface area contributed by atoms with Crippen LogP contribution in [-0.4, -0.2) is 63.9 Å². The van der Waals surface area contributed by atoms with E-state index in [0.29, 0.717) is 25.5 Å². The SMILES string of the molecule is COc1cccc(N2CCN(CC(=O)Nc3ccc4c(c3)OCCO4)CC2)c1. The van der Waals surface area contributed by atoms with Crippen molar-refractivity contribution < 1.29 is 19.0 Å². The van der Waals surface area contributed by atoms with Gasteiger partial charge in [0.05, 0.1) is 13.7 Å². The molecule has 0 atom stereocenters. The first-order chi connectivity index (χ1) is 13.7. The fourth-order valence-corrected chi connectivity index (χ4v) is 3.50. The zero-order valence-corrected chi connectivity index (χ0v) is 16.0. The summed E-state index contributed by atoms with van der Waals surface area (Å²) in [4.78, 5) is 16.9. The van der Waals surface area contributed by atoms with E-state index in [1.54, 1.807) is 7.11 Å². The number of nitrogens with one attached hydrogen (secondary N) is 1. The summed E-state index contributed by atoms with van der Waals surface area (Å²) >= 11 is 0. The van der Waals surface area contributed by atoms with Crippen molar-refractivity contribution in [3.05, 3.63) is 42.5 Å². The molecule has 2 aliphatic rings. The number of piperazine rings is 1. The van der Waals surface area contributed by atoms with Crippen molar-refractivity contribution in [3.63, 3.8) is 0 Å². The molecule has 0 radical (unpaired) electrons. The van der Waals surface area contributed by atoms with E-state index in [0.717, 1.165) is 49.1 Å². The fourth-order valence-electron chi connectivity index (χ4n) is 3.50. The number of methoxy groups -OCH3 is 1. The van der Waals surface area contributed by atoms with Crippen molar-refractivity contribution in [1.29, 1.82) is 0 Å². The van der Waals surface area contributed by atoms with Crippen LogP contribution in [-0.2, 0) is 4.79 Å². The molecule has 0 aromatic heterocycles. The lowest BCUT2D eigenvalue weighted by Crippen LogP contribution is -2.48. The first kappa shape index (κ1) is 18.4. The number of amides is 1. The van der Waals surface area contributed by atoms with Crippen LogP contribution < -0.4 is 24.4 Å². The topological polar surface area (TPSA) is 63.3 Å². The predicted octanol–water partition coefficient (Wildman–Crippen LogP) is 2.23. The highest BCUT2D eigenvalue weighted by Crippen LogP contribution is 2.32. The Bertz CT molecular complexity index is 834. The Labute approximate surface area is 164 Å². The Balaban J connectivity index is 1.28. The highest BCUT2D eigenvalue weighted by Gasteiger charge is 2.20. The summed E-state index contributed by atoms with van der Waals surface area (Å²) in [6.07, 6.45) is 0. The third-order valence-electron chi connectivity index (χ3n) is 4.98. The van der Waals surface area contributed by atoms with Crippen LogP contribution in [0.4, 0.5) is 11.4 Å². The average molecular weight is 383 g/mol. The molecular weight excluding hydrogens is 358 g/mol. The number of anilines is 2. The molecule has 1 N–H and O–H groups in total. The standard InChI is InChI=1S/C21H25N3O4/c1-26-18-4-2-3-17(14-18)24-9-7-23(8-10-24)15-21(25)22-16-5-6-19-20(13-16)28-12-11-27-19/h2-6,13-14H,7-12,15H2,1H3,(H,22,25). The highest BCUT2D eigenvalue weighted by molar-refractivity contribution is 5.92. The smallest absolute Gasteiger partial charge is 0.238 e. The first-order valence-electron chi connectivity index (χ1n) is 9.52.